The number of ether oxygens (including phenoxy) is 2. The Kier molecular flexibility index (Phi) is 9.96. The molecule has 0 fully saturated rings. The highest BCUT2D eigenvalue weighted by molar-refractivity contribution is 5.89. The largest absolute Gasteiger partial charge is 0.493 e. The van der Waals surface area contributed by atoms with E-state index < -0.39 is 11.9 Å². The van der Waals surface area contributed by atoms with Crippen molar-refractivity contribution in [2.45, 2.75) is 32.1 Å². The number of nitrogens with zero attached hydrogens (tertiary/aromatic N) is 1. The first-order valence-electron chi connectivity index (χ1n) is 8.93. The molecule has 0 saturated heterocycles. The molecule has 0 aliphatic carbocycles. The van der Waals surface area contributed by atoms with Crippen molar-refractivity contribution >= 4 is 11.9 Å². The summed E-state index contributed by atoms with van der Waals surface area (Å²) < 4.78 is 10.8. The van der Waals surface area contributed by atoms with E-state index in [1.165, 1.54) is 36.9 Å². The molecule has 0 atom stereocenters. The Hall–Kier alpha value is -2.54. The minimum atomic E-state index is -1.26. The number of rotatable bonds is 4. The molecule has 0 saturated carbocycles. The van der Waals surface area contributed by atoms with Crippen LogP contribution in [0.4, 0.5) is 0 Å². The number of carbonyl (C=O) groups is 2. The van der Waals surface area contributed by atoms with Crippen molar-refractivity contribution in [1.82, 2.24) is 4.90 Å². The van der Waals surface area contributed by atoms with Crippen molar-refractivity contribution in [3.63, 3.8) is 0 Å². The van der Waals surface area contributed by atoms with Crippen molar-refractivity contribution in [3.8, 4) is 11.5 Å². The molecule has 150 valence electrons. The molecule has 0 aromatic heterocycles. The minimum absolute atomic E-state index is 0.558. The van der Waals surface area contributed by atoms with Crippen molar-refractivity contribution in [2.24, 2.45) is 0 Å². The first kappa shape index (κ1) is 22.5. The number of carboxylic acids is 2. The second-order valence-electron chi connectivity index (χ2n) is 6.35. The predicted octanol–water partition coefficient (Wildman–Crippen LogP) is 2.62. The van der Waals surface area contributed by atoms with Crippen LogP contribution in [0.2, 0.25) is 0 Å². The SMILES string of the molecule is COc1cc2c(cc1OC)CCN(C)CCCCC2.O=C(O)/C=C\C(=O)O. The summed E-state index contributed by atoms with van der Waals surface area (Å²) in [5, 5.41) is 15.6. The molecule has 2 rings (SSSR count). The van der Waals surface area contributed by atoms with Gasteiger partial charge in [0.2, 0.25) is 0 Å². The summed E-state index contributed by atoms with van der Waals surface area (Å²) in [6.07, 6.45) is 7.23. The number of benzene rings is 1. The highest BCUT2D eigenvalue weighted by Gasteiger charge is 2.13. The summed E-state index contributed by atoms with van der Waals surface area (Å²) in [4.78, 5) is 21.5. The fraction of sp³-hybridized carbons (Fsp3) is 0.500. The molecule has 0 unspecified atom stereocenters. The Morgan fingerprint density at radius 1 is 0.889 bits per heavy atom. The summed E-state index contributed by atoms with van der Waals surface area (Å²) in [7, 11) is 5.62. The zero-order chi connectivity index (χ0) is 20.2. The average molecular weight is 379 g/mol. The van der Waals surface area contributed by atoms with E-state index in [1.54, 1.807) is 14.2 Å². The Labute approximate surface area is 160 Å². The van der Waals surface area contributed by atoms with Gasteiger partial charge in [0.15, 0.2) is 11.5 Å². The third-order valence-electron chi connectivity index (χ3n) is 4.32. The molecule has 7 nitrogen and oxygen atoms in total. The third-order valence-corrected chi connectivity index (χ3v) is 4.32. The van der Waals surface area contributed by atoms with Crippen molar-refractivity contribution < 1.29 is 29.3 Å². The fourth-order valence-corrected chi connectivity index (χ4v) is 2.87. The van der Waals surface area contributed by atoms with E-state index in [0.717, 1.165) is 30.9 Å². The minimum Gasteiger partial charge on any atom is -0.493 e. The molecule has 0 bridgehead atoms. The summed E-state index contributed by atoms with van der Waals surface area (Å²) in [6, 6.07) is 4.32. The van der Waals surface area contributed by atoms with E-state index in [4.69, 9.17) is 19.7 Å². The summed E-state index contributed by atoms with van der Waals surface area (Å²) in [5.74, 6) is -0.813. The lowest BCUT2D eigenvalue weighted by molar-refractivity contribution is -0.134. The molecule has 0 amide bonds. The van der Waals surface area contributed by atoms with Crippen LogP contribution in [0.5, 0.6) is 11.5 Å². The second-order valence-corrected chi connectivity index (χ2v) is 6.35. The Morgan fingerprint density at radius 3 is 1.89 bits per heavy atom. The van der Waals surface area contributed by atoms with Crippen LogP contribution in [0.15, 0.2) is 24.3 Å². The smallest absolute Gasteiger partial charge is 0.328 e. The van der Waals surface area contributed by atoms with E-state index in [-0.39, 0.29) is 0 Å². The lowest BCUT2D eigenvalue weighted by atomic mass is 9.97. The fourth-order valence-electron chi connectivity index (χ4n) is 2.87. The van der Waals surface area contributed by atoms with Gasteiger partial charge in [-0.05, 0) is 62.5 Å². The monoisotopic (exact) mass is 379 g/mol. The summed E-state index contributed by atoms with van der Waals surface area (Å²) in [6.45, 7) is 2.32. The van der Waals surface area contributed by atoms with Crippen molar-refractivity contribution in [1.29, 1.82) is 0 Å². The van der Waals surface area contributed by atoms with Gasteiger partial charge in [-0.2, -0.15) is 0 Å². The van der Waals surface area contributed by atoms with E-state index in [9.17, 15) is 9.59 Å². The topological polar surface area (TPSA) is 96.3 Å². The molecule has 1 heterocycles. The van der Waals surface area contributed by atoms with Crippen LogP contribution in [0, 0.1) is 0 Å². The van der Waals surface area contributed by atoms with Crippen LogP contribution in [0.25, 0.3) is 0 Å². The second kappa shape index (κ2) is 12.0. The Bertz CT molecular complexity index is 640. The lowest BCUT2D eigenvalue weighted by Crippen LogP contribution is -2.23. The van der Waals surface area contributed by atoms with E-state index in [1.807, 2.05) is 0 Å². The molecule has 0 radical (unpaired) electrons. The maximum atomic E-state index is 9.55. The van der Waals surface area contributed by atoms with Crippen LogP contribution in [-0.2, 0) is 22.4 Å². The number of likely N-dealkylation sites (N-methyl/N-ethyl adjacent to an activating group) is 1. The first-order valence-corrected chi connectivity index (χ1v) is 8.93. The Balaban J connectivity index is 0.000000387. The van der Waals surface area contributed by atoms with Crippen LogP contribution >= 0.6 is 0 Å². The summed E-state index contributed by atoms with van der Waals surface area (Å²) in [5.41, 5.74) is 2.83. The molecule has 7 heteroatoms. The summed E-state index contributed by atoms with van der Waals surface area (Å²) >= 11 is 0. The van der Waals surface area contributed by atoms with Crippen LogP contribution in [0.1, 0.15) is 30.4 Å². The van der Waals surface area contributed by atoms with E-state index in [2.05, 4.69) is 24.1 Å². The number of hydrogen-bond acceptors (Lipinski definition) is 5. The average Bonchev–Trinajstić information content (AvgIpc) is 2.64. The first-order chi connectivity index (χ1) is 12.9. The van der Waals surface area contributed by atoms with Gasteiger partial charge in [-0.25, -0.2) is 9.59 Å². The number of hydrogen-bond donors (Lipinski definition) is 2. The molecule has 27 heavy (non-hydrogen) atoms. The van der Waals surface area contributed by atoms with Gasteiger partial charge in [-0.15, -0.1) is 0 Å². The third kappa shape index (κ3) is 8.59. The van der Waals surface area contributed by atoms with Crippen LogP contribution in [0.3, 0.4) is 0 Å². The number of fused-ring (bicyclic) bond motifs is 1. The van der Waals surface area contributed by atoms with Crippen molar-refractivity contribution in [2.75, 3.05) is 34.4 Å². The lowest BCUT2D eigenvalue weighted by Gasteiger charge is -2.21. The number of methoxy groups -OCH3 is 2. The van der Waals surface area contributed by atoms with E-state index >= 15 is 0 Å². The van der Waals surface area contributed by atoms with Crippen LogP contribution < -0.4 is 9.47 Å². The zero-order valence-electron chi connectivity index (χ0n) is 16.2. The number of aliphatic carboxylic acids is 2. The van der Waals surface area contributed by atoms with Gasteiger partial charge in [-0.3, -0.25) is 0 Å². The van der Waals surface area contributed by atoms with E-state index in [0.29, 0.717) is 12.2 Å². The number of aryl methyl sites for hydroxylation is 1. The molecule has 1 aromatic rings. The maximum absolute atomic E-state index is 9.55. The van der Waals surface area contributed by atoms with Gasteiger partial charge in [0.25, 0.3) is 0 Å². The maximum Gasteiger partial charge on any atom is 0.328 e. The van der Waals surface area contributed by atoms with Gasteiger partial charge >= 0.3 is 11.9 Å². The molecule has 2 N–H and O–H groups in total. The molecule has 1 aromatic carbocycles. The quantitative estimate of drug-likeness (QED) is 0.776. The van der Waals surface area contributed by atoms with Gasteiger partial charge < -0.3 is 24.6 Å². The highest BCUT2D eigenvalue weighted by atomic mass is 16.5. The molecule has 1 aliphatic rings. The Morgan fingerprint density at radius 2 is 1.41 bits per heavy atom. The highest BCUT2D eigenvalue weighted by Crippen LogP contribution is 2.32. The zero-order valence-corrected chi connectivity index (χ0v) is 16.2. The van der Waals surface area contributed by atoms with Gasteiger partial charge in [0.1, 0.15) is 0 Å². The molecular formula is C20H29NO6. The van der Waals surface area contributed by atoms with Crippen LogP contribution in [-0.4, -0.2) is 61.4 Å². The van der Waals surface area contributed by atoms with Gasteiger partial charge in [-0.1, -0.05) is 6.42 Å². The number of carboxylic acid groups (broad SMARTS) is 2. The molecule has 1 aliphatic heterocycles. The normalized spacial score (nSPS) is 15.2. The standard InChI is InChI=1S/C16H25NO2.C4H4O4/c1-17-9-6-4-5-7-13-11-15(18-2)16(19-3)12-14(13)8-10-17;5-3(6)1-2-4(7)8/h11-12H,4-10H2,1-3H3;1-2H,(H,5,6)(H,7,8)/b;2-1-. The van der Waals surface area contributed by atoms with Crippen molar-refractivity contribution in [3.05, 3.63) is 35.4 Å². The van der Waals surface area contributed by atoms with Gasteiger partial charge in [0.05, 0.1) is 14.2 Å². The molecule has 0 spiro atoms. The van der Waals surface area contributed by atoms with Gasteiger partial charge in [0, 0.05) is 18.7 Å². The predicted molar refractivity (Wildman–Crippen MR) is 103 cm³/mol. The molecular weight excluding hydrogens is 350 g/mol.